The van der Waals surface area contributed by atoms with Crippen LogP contribution in [0.2, 0.25) is 0 Å². The molecular formula is C9H18N2O3S. The first kappa shape index (κ1) is 12.6. The predicted octanol–water partition coefficient (Wildman–Crippen LogP) is -1.10. The zero-order chi connectivity index (χ0) is 11.3. The number of sulfone groups is 1. The number of rotatable bonds is 5. The third-order valence-electron chi connectivity index (χ3n) is 2.36. The fraction of sp³-hybridized carbons (Fsp3) is 0.889. The fourth-order valence-corrected chi connectivity index (χ4v) is 2.10. The molecule has 0 unspecified atom stereocenters. The number of Topliss-reactive ketones (excluding diaryl/α,β-unsaturated/α-hetero) is 1. The number of piperazine rings is 1. The highest BCUT2D eigenvalue weighted by Crippen LogP contribution is 1.96. The van der Waals surface area contributed by atoms with Crippen LogP contribution >= 0.6 is 0 Å². The molecule has 1 fully saturated rings. The van der Waals surface area contributed by atoms with Crippen LogP contribution in [-0.2, 0) is 14.6 Å². The number of carbonyl (C=O) groups excluding carboxylic acids is 1. The van der Waals surface area contributed by atoms with E-state index in [0.29, 0.717) is 6.54 Å². The van der Waals surface area contributed by atoms with Gasteiger partial charge in [-0.3, -0.25) is 9.69 Å². The van der Waals surface area contributed by atoms with Gasteiger partial charge in [0.05, 0.1) is 12.3 Å². The lowest BCUT2D eigenvalue weighted by Gasteiger charge is -2.26. The minimum absolute atomic E-state index is 0.0160. The Labute approximate surface area is 90.7 Å². The third kappa shape index (κ3) is 5.86. The summed E-state index contributed by atoms with van der Waals surface area (Å²) in [5, 5.41) is 3.20. The first-order valence-electron chi connectivity index (χ1n) is 5.10. The second kappa shape index (κ2) is 5.58. The van der Waals surface area contributed by atoms with Crippen LogP contribution in [0, 0.1) is 0 Å². The van der Waals surface area contributed by atoms with Gasteiger partial charge in [-0.05, 0) is 0 Å². The van der Waals surface area contributed by atoms with E-state index >= 15 is 0 Å². The molecule has 1 heterocycles. The molecule has 0 atom stereocenters. The maximum atomic E-state index is 11.4. The van der Waals surface area contributed by atoms with Gasteiger partial charge >= 0.3 is 0 Å². The number of carbonyl (C=O) groups is 1. The molecule has 15 heavy (non-hydrogen) atoms. The van der Waals surface area contributed by atoms with E-state index in [1.807, 2.05) is 0 Å². The fourth-order valence-electron chi connectivity index (χ4n) is 1.50. The average Bonchev–Trinajstić information content (AvgIpc) is 2.15. The van der Waals surface area contributed by atoms with Crippen LogP contribution in [0.25, 0.3) is 0 Å². The Morgan fingerprint density at radius 2 is 1.93 bits per heavy atom. The monoisotopic (exact) mass is 234 g/mol. The molecular weight excluding hydrogens is 216 g/mol. The van der Waals surface area contributed by atoms with Gasteiger partial charge in [0.15, 0.2) is 0 Å². The van der Waals surface area contributed by atoms with Gasteiger partial charge in [-0.1, -0.05) is 0 Å². The van der Waals surface area contributed by atoms with Gasteiger partial charge in [0.25, 0.3) is 0 Å². The first-order chi connectivity index (χ1) is 6.97. The lowest BCUT2D eigenvalue weighted by molar-refractivity contribution is -0.119. The van der Waals surface area contributed by atoms with Crippen LogP contribution in [0.15, 0.2) is 0 Å². The SMILES string of the molecule is CS(=O)(=O)CCC(=O)CN1CCNCC1. The van der Waals surface area contributed by atoms with E-state index in [-0.39, 0.29) is 18.0 Å². The van der Waals surface area contributed by atoms with E-state index in [1.165, 1.54) is 0 Å². The smallest absolute Gasteiger partial charge is 0.147 e. The van der Waals surface area contributed by atoms with E-state index in [9.17, 15) is 13.2 Å². The topological polar surface area (TPSA) is 66.5 Å². The van der Waals surface area contributed by atoms with Crippen LogP contribution in [0.1, 0.15) is 6.42 Å². The molecule has 5 nitrogen and oxygen atoms in total. The molecule has 6 heteroatoms. The van der Waals surface area contributed by atoms with Crippen molar-refractivity contribution in [2.24, 2.45) is 0 Å². The number of nitrogens with one attached hydrogen (secondary N) is 1. The van der Waals surface area contributed by atoms with Crippen molar-refractivity contribution >= 4 is 15.6 Å². The molecule has 0 aromatic rings. The third-order valence-corrected chi connectivity index (χ3v) is 3.31. The zero-order valence-electron chi connectivity index (χ0n) is 9.03. The first-order valence-corrected chi connectivity index (χ1v) is 7.16. The minimum Gasteiger partial charge on any atom is -0.314 e. The van der Waals surface area contributed by atoms with Gasteiger partial charge in [0.1, 0.15) is 15.6 Å². The van der Waals surface area contributed by atoms with E-state index < -0.39 is 9.84 Å². The molecule has 0 saturated carbocycles. The van der Waals surface area contributed by atoms with Crippen LogP contribution in [0.4, 0.5) is 0 Å². The molecule has 1 aliphatic heterocycles. The summed E-state index contributed by atoms with van der Waals surface area (Å²) in [7, 11) is -3.01. The highest BCUT2D eigenvalue weighted by Gasteiger charge is 2.14. The summed E-state index contributed by atoms with van der Waals surface area (Å²) in [6, 6.07) is 0. The Morgan fingerprint density at radius 1 is 1.33 bits per heavy atom. The Hall–Kier alpha value is -0.460. The maximum absolute atomic E-state index is 11.4. The normalized spacial score (nSPS) is 19.0. The van der Waals surface area contributed by atoms with Crippen molar-refractivity contribution in [3.05, 3.63) is 0 Å². The van der Waals surface area contributed by atoms with E-state index in [1.54, 1.807) is 0 Å². The minimum atomic E-state index is -3.01. The molecule has 1 N–H and O–H groups in total. The number of nitrogens with zero attached hydrogens (tertiary/aromatic N) is 1. The van der Waals surface area contributed by atoms with Gasteiger partial charge in [-0.15, -0.1) is 0 Å². The van der Waals surface area contributed by atoms with Crippen LogP contribution < -0.4 is 5.32 Å². The molecule has 0 amide bonds. The zero-order valence-corrected chi connectivity index (χ0v) is 9.85. The summed E-state index contributed by atoms with van der Waals surface area (Å²) >= 11 is 0. The average molecular weight is 234 g/mol. The summed E-state index contributed by atoms with van der Waals surface area (Å²) in [6.45, 7) is 3.92. The summed E-state index contributed by atoms with van der Waals surface area (Å²) < 4.78 is 21.7. The molecule has 88 valence electrons. The van der Waals surface area contributed by atoms with Gasteiger partial charge in [-0.2, -0.15) is 0 Å². The lowest BCUT2D eigenvalue weighted by Crippen LogP contribution is -2.45. The predicted molar refractivity (Wildman–Crippen MR) is 58.6 cm³/mol. The standard InChI is InChI=1S/C9H18N2O3S/c1-15(13,14)7-2-9(12)8-11-5-3-10-4-6-11/h10H,2-8H2,1H3. The molecule has 0 aliphatic carbocycles. The quantitative estimate of drug-likeness (QED) is 0.654. The Bertz CT molecular complexity index is 307. The molecule has 0 aromatic carbocycles. The largest absolute Gasteiger partial charge is 0.314 e. The van der Waals surface area contributed by atoms with Crippen LogP contribution in [-0.4, -0.2) is 63.8 Å². The van der Waals surface area contributed by atoms with E-state index in [4.69, 9.17) is 0 Å². The molecule has 0 spiro atoms. The Kier molecular flexibility index (Phi) is 4.69. The van der Waals surface area contributed by atoms with Gasteiger partial charge in [0.2, 0.25) is 0 Å². The van der Waals surface area contributed by atoms with E-state index in [0.717, 1.165) is 32.4 Å². The van der Waals surface area contributed by atoms with Crippen molar-refractivity contribution in [1.29, 1.82) is 0 Å². The van der Waals surface area contributed by atoms with Crippen molar-refractivity contribution in [2.75, 3.05) is 44.7 Å². The molecule has 0 radical (unpaired) electrons. The Morgan fingerprint density at radius 3 is 2.47 bits per heavy atom. The summed E-state index contributed by atoms with van der Waals surface area (Å²) in [5.74, 6) is -0.0138. The molecule has 1 aliphatic rings. The summed E-state index contributed by atoms with van der Waals surface area (Å²) in [5.41, 5.74) is 0. The summed E-state index contributed by atoms with van der Waals surface area (Å²) in [6.07, 6.45) is 1.30. The molecule has 1 rings (SSSR count). The number of ketones is 1. The van der Waals surface area contributed by atoms with Gasteiger partial charge in [-0.25, -0.2) is 8.42 Å². The molecule has 0 aromatic heterocycles. The van der Waals surface area contributed by atoms with E-state index in [2.05, 4.69) is 10.2 Å². The number of hydrogen-bond donors (Lipinski definition) is 1. The van der Waals surface area contributed by atoms with Crippen molar-refractivity contribution in [1.82, 2.24) is 10.2 Å². The van der Waals surface area contributed by atoms with Gasteiger partial charge in [0, 0.05) is 38.9 Å². The summed E-state index contributed by atoms with van der Waals surface area (Å²) in [4.78, 5) is 13.5. The van der Waals surface area contributed by atoms with Crippen molar-refractivity contribution in [3.63, 3.8) is 0 Å². The Balaban J connectivity index is 2.23. The second-order valence-electron chi connectivity index (χ2n) is 3.94. The van der Waals surface area contributed by atoms with Crippen LogP contribution in [0.5, 0.6) is 0 Å². The second-order valence-corrected chi connectivity index (χ2v) is 6.20. The van der Waals surface area contributed by atoms with Gasteiger partial charge < -0.3 is 5.32 Å². The van der Waals surface area contributed by atoms with Crippen LogP contribution in [0.3, 0.4) is 0 Å². The highest BCUT2D eigenvalue weighted by atomic mass is 32.2. The van der Waals surface area contributed by atoms with Crippen molar-refractivity contribution in [2.45, 2.75) is 6.42 Å². The van der Waals surface area contributed by atoms with Crippen molar-refractivity contribution < 1.29 is 13.2 Å². The highest BCUT2D eigenvalue weighted by molar-refractivity contribution is 7.90. The lowest BCUT2D eigenvalue weighted by atomic mass is 10.2. The van der Waals surface area contributed by atoms with Crippen molar-refractivity contribution in [3.8, 4) is 0 Å². The maximum Gasteiger partial charge on any atom is 0.147 e. The molecule has 1 saturated heterocycles. The number of hydrogen-bond acceptors (Lipinski definition) is 5. The molecule has 0 bridgehead atoms.